The fourth-order valence-corrected chi connectivity index (χ4v) is 3.65. The molecule has 2 N–H and O–H groups in total. The molecule has 4 rings (SSSR count). The number of benzene rings is 2. The van der Waals surface area contributed by atoms with Crippen molar-refractivity contribution in [2.75, 3.05) is 6.61 Å². The zero-order chi connectivity index (χ0) is 23.4. The zero-order valence-electron chi connectivity index (χ0n) is 18.0. The summed E-state index contributed by atoms with van der Waals surface area (Å²) in [6.07, 6.45) is 2.94. The van der Waals surface area contributed by atoms with Crippen LogP contribution in [0.4, 0.5) is 4.39 Å². The Kier molecular flexibility index (Phi) is 6.58. The predicted octanol–water partition coefficient (Wildman–Crippen LogP) is 3.22. The number of furan rings is 1. The van der Waals surface area contributed by atoms with Crippen LogP contribution in [-0.4, -0.2) is 30.5 Å². The average molecular weight is 454 g/mol. The molecule has 1 aromatic heterocycles. The van der Waals surface area contributed by atoms with E-state index in [1.54, 1.807) is 6.07 Å². The number of nitrogens with one attached hydrogen (secondary N) is 2. The summed E-state index contributed by atoms with van der Waals surface area (Å²) in [5.41, 5.74) is 6.48. The highest BCUT2D eigenvalue weighted by Gasteiger charge is 2.20. The van der Waals surface area contributed by atoms with E-state index in [4.69, 9.17) is 13.9 Å². The van der Waals surface area contributed by atoms with Crippen molar-refractivity contribution < 1.29 is 32.7 Å². The van der Waals surface area contributed by atoms with Gasteiger partial charge in [-0.3, -0.25) is 20.4 Å². The van der Waals surface area contributed by atoms with E-state index in [-0.39, 0.29) is 12.2 Å². The molecule has 1 atom stereocenters. The molecule has 1 aliphatic carbocycles. The Hall–Kier alpha value is -3.88. The van der Waals surface area contributed by atoms with E-state index < -0.39 is 29.7 Å². The highest BCUT2D eigenvalue weighted by Crippen LogP contribution is 2.33. The number of amides is 2. The van der Waals surface area contributed by atoms with Gasteiger partial charge in [0.05, 0.1) is 0 Å². The van der Waals surface area contributed by atoms with Crippen molar-refractivity contribution in [1.29, 1.82) is 0 Å². The summed E-state index contributed by atoms with van der Waals surface area (Å²) in [5, 5.41) is 0.986. The van der Waals surface area contributed by atoms with Crippen LogP contribution in [0.1, 0.15) is 41.4 Å². The van der Waals surface area contributed by atoms with Gasteiger partial charge in [-0.2, -0.15) is 0 Å². The molecule has 33 heavy (non-hydrogen) atoms. The van der Waals surface area contributed by atoms with Gasteiger partial charge in [0.2, 0.25) is 0 Å². The Bertz CT molecular complexity index is 1190. The molecule has 1 unspecified atom stereocenters. The molecule has 0 spiro atoms. The maximum Gasteiger partial charge on any atom is 0.344 e. The lowest BCUT2D eigenvalue weighted by Gasteiger charge is -2.14. The molecule has 0 bridgehead atoms. The first-order valence-corrected chi connectivity index (χ1v) is 10.6. The van der Waals surface area contributed by atoms with E-state index >= 15 is 0 Å². The molecule has 2 amide bonds. The second-order valence-corrected chi connectivity index (χ2v) is 7.74. The van der Waals surface area contributed by atoms with Gasteiger partial charge >= 0.3 is 5.97 Å². The second kappa shape index (κ2) is 9.72. The van der Waals surface area contributed by atoms with Crippen molar-refractivity contribution in [3.63, 3.8) is 0 Å². The lowest BCUT2D eigenvalue weighted by molar-refractivity contribution is -0.156. The number of carbonyl (C=O) groups excluding carboxylic acids is 3. The number of carbonyl (C=O) groups is 3. The average Bonchev–Trinajstić information content (AvgIpc) is 3.19. The van der Waals surface area contributed by atoms with Gasteiger partial charge < -0.3 is 13.9 Å². The van der Waals surface area contributed by atoms with Crippen molar-refractivity contribution in [2.45, 2.75) is 38.7 Å². The van der Waals surface area contributed by atoms with Gasteiger partial charge in [-0.05, 0) is 68.7 Å². The van der Waals surface area contributed by atoms with Gasteiger partial charge in [-0.15, -0.1) is 0 Å². The van der Waals surface area contributed by atoms with Gasteiger partial charge in [-0.1, -0.05) is 0 Å². The molecular formula is C24H23FN2O6. The van der Waals surface area contributed by atoms with Gasteiger partial charge in [0.25, 0.3) is 11.8 Å². The molecule has 0 saturated carbocycles. The highest BCUT2D eigenvalue weighted by molar-refractivity contribution is 5.95. The number of aryl methyl sites for hydroxylation is 2. The largest absolute Gasteiger partial charge is 0.482 e. The third kappa shape index (κ3) is 5.31. The summed E-state index contributed by atoms with van der Waals surface area (Å²) in [6.45, 7) is 0.978. The van der Waals surface area contributed by atoms with Crippen LogP contribution < -0.4 is 15.6 Å². The van der Waals surface area contributed by atoms with Crippen LogP contribution >= 0.6 is 0 Å². The van der Waals surface area contributed by atoms with Crippen LogP contribution in [0.25, 0.3) is 11.0 Å². The normalized spacial score (nSPS) is 13.6. The van der Waals surface area contributed by atoms with Gasteiger partial charge in [-0.25, -0.2) is 9.18 Å². The van der Waals surface area contributed by atoms with Crippen LogP contribution in [0.2, 0.25) is 0 Å². The molecule has 0 fully saturated rings. The molecule has 0 saturated heterocycles. The SMILES string of the molecule is CC(OC(=O)COc1ccc2oc3c(c2c1)CCCC3)C(=O)NNC(=O)c1ccc(F)cc1. The Morgan fingerprint density at radius 3 is 2.61 bits per heavy atom. The van der Waals surface area contributed by atoms with E-state index in [0.717, 1.165) is 54.5 Å². The Morgan fingerprint density at radius 2 is 1.82 bits per heavy atom. The molecular weight excluding hydrogens is 431 g/mol. The minimum Gasteiger partial charge on any atom is -0.482 e. The van der Waals surface area contributed by atoms with E-state index in [1.807, 2.05) is 12.1 Å². The molecule has 1 heterocycles. The summed E-state index contributed by atoms with van der Waals surface area (Å²) in [7, 11) is 0. The lowest BCUT2D eigenvalue weighted by Crippen LogP contribution is -2.47. The van der Waals surface area contributed by atoms with Gasteiger partial charge in [0.15, 0.2) is 12.7 Å². The molecule has 0 aliphatic heterocycles. The van der Waals surface area contributed by atoms with E-state index in [1.165, 1.54) is 24.6 Å². The monoisotopic (exact) mass is 454 g/mol. The molecule has 1 aliphatic rings. The third-order valence-electron chi connectivity index (χ3n) is 5.37. The van der Waals surface area contributed by atoms with Gasteiger partial charge in [0, 0.05) is 22.9 Å². The van der Waals surface area contributed by atoms with Crippen LogP contribution in [0, 0.1) is 5.82 Å². The number of hydrogen-bond acceptors (Lipinski definition) is 6. The van der Waals surface area contributed by atoms with Crippen molar-refractivity contribution in [1.82, 2.24) is 10.9 Å². The fourth-order valence-electron chi connectivity index (χ4n) is 3.65. The minimum atomic E-state index is -1.17. The standard InChI is InChI=1S/C24H23FN2O6/c1-14(23(29)26-27-24(30)15-6-8-16(25)9-7-15)32-22(28)13-31-17-10-11-21-19(12-17)18-4-2-3-5-20(18)33-21/h6-12,14H,2-5,13H2,1H3,(H,26,29)(H,27,30). The van der Waals surface area contributed by atoms with Crippen molar-refractivity contribution >= 4 is 28.8 Å². The number of fused-ring (bicyclic) bond motifs is 3. The molecule has 0 radical (unpaired) electrons. The Balaban J connectivity index is 1.25. The van der Waals surface area contributed by atoms with Crippen LogP contribution in [0.3, 0.4) is 0 Å². The molecule has 172 valence electrons. The molecule has 2 aromatic carbocycles. The summed E-state index contributed by atoms with van der Waals surface area (Å²) in [6, 6.07) is 10.2. The summed E-state index contributed by atoms with van der Waals surface area (Å²) >= 11 is 0. The number of hydrogen-bond donors (Lipinski definition) is 2. The van der Waals surface area contributed by atoms with E-state index in [0.29, 0.717) is 5.75 Å². The maximum atomic E-state index is 12.9. The lowest BCUT2D eigenvalue weighted by atomic mass is 9.96. The summed E-state index contributed by atoms with van der Waals surface area (Å²) in [5.74, 6) is -1.08. The van der Waals surface area contributed by atoms with Crippen LogP contribution in [0.15, 0.2) is 46.9 Å². The third-order valence-corrected chi connectivity index (χ3v) is 5.37. The Morgan fingerprint density at radius 1 is 1.06 bits per heavy atom. The highest BCUT2D eigenvalue weighted by atomic mass is 19.1. The predicted molar refractivity (Wildman–Crippen MR) is 116 cm³/mol. The molecule has 3 aromatic rings. The maximum absolute atomic E-state index is 12.9. The number of hydrazine groups is 1. The zero-order valence-corrected chi connectivity index (χ0v) is 18.0. The van der Waals surface area contributed by atoms with E-state index in [9.17, 15) is 18.8 Å². The van der Waals surface area contributed by atoms with Crippen LogP contribution in [0.5, 0.6) is 5.75 Å². The van der Waals surface area contributed by atoms with Crippen molar-refractivity contribution in [2.24, 2.45) is 0 Å². The molecule has 9 heteroatoms. The number of esters is 1. The number of halogens is 1. The molecule has 8 nitrogen and oxygen atoms in total. The first-order valence-electron chi connectivity index (χ1n) is 10.6. The second-order valence-electron chi connectivity index (χ2n) is 7.74. The first-order chi connectivity index (χ1) is 15.9. The summed E-state index contributed by atoms with van der Waals surface area (Å²) < 4.78 is 29.4. The fraction of sp³-hybridized carbons (Fsp3) is 0.292. The minimum absolute atomic E-state index is 0.158. The van der Waals surface area contributed by atoms with E-state index in [2.05, 4.69) is 10.9 Å². The van der Waals surface area contributed by atoms with Crippen LogP contribution in [-0.2, 0) is 27.2 Å². The van der Waals surface area contributed by atoms with Crippen molar-refractivity contribution in [3.8, 4) is 5.75 Å². The van der Waals surface area contributed by atoms with Gasteiger partial charge in [0.1, 0.15) is 22.9 Å². The van der Waals surface area contributed by atoms with Crippen molar-refractivity contribution in [3.05, 3.63) is 65.2 Å². The number of ether oxygens (including phenoxy) is 2. The number of rotatable bonds is 6. The Labute approximate surface area is 189 Å². The quantitative estimate of drug-likeness (QED) is 0.438. The smallest absolute Gasteiger partial charge is 0.344 e. The topological polar surface area (TPSA) is 107 Å². The first kappa shape index (κ1) is 22.3. The summed E-state index contributed by atoms with van der Waals surface area (Å²) in [4.78, 5) is 36.1.